The fraction of sp³-hybridized carbons (Fsp3) is 0.500. The third-order valence-electron chi connectivity index (χ3n) is 4.45. The first-order chi connectivity index (χ1) is 9.30. The molecule has 108 valence electrons. The fourth-order valence-corrected chi connectivity index (χ4v) is 3.87. The average Bonchev–Trinajstić information content (AvgIpc) is 2.74. The Balaban J connectivity index is 1.92. The lowest BCUT2D eigenvalue weighted by atomic mass is 9.77. The minimum atomic E-state index is -0.275. The molecule has 4 heteroatoms. The molecule has 0 amide bonds. The molecule has 0 spiro atoms. The van der Waals surface area contributed by atoms with E-state index >= 15 is 0 Å². The molecule has 3 rings (SSSR count). The molecule has 1 aromatic carbocycles. The zero-order valence-corrected chi connectivity index (χ0v) is 14.6. The van der Waals surface area contributed by atoms with Gasteiger partial charge in [0.05, 0.1) is 12.2 Å². The Bertz CT molecular complexity index is 645. The molecule has 1 aliphatic rings. The molecule has 0 radical (unpaired) electrons. The third-order valence-corrected chi connectivity index (χ3v) is 6.36. The number of hydrogen-bond acceptors (Lipinski definition) is 3. The number of rotatable bonds is 1. The quantitative estimate of drug-likeness (QED) is 0.671. The van der Waals surface area contributed by atoms with Crippen LogP contribution in [0.25, 0.3) is 10.1 Å². The van der Waals surface area contributed by atoms with Crippen LogP contribution in [0.3, 0.4) is 0 Å². The zero-order chi connectivity index (χ0) is 14.5. The lowest BCUT2D eigenvalue weighted by molar-refractivity contribution is -0.300. The number of benzene rings is 1. The second-order valence-corrected chi connectivity index (χ2v) is 8.26. The van der Waals surface area contributed by atoms with E-state index in [4.69, 9.17) is 9.47 Å². The predicted octanol–water partition coefficient (Wildman–Crippen LogP) is 5.51. The van der Waals surface area contributed by atoms with Gasteiger partial charge in [-0.05, 0) is 35.8 Å². The summed E-state index contributed by atoms with van der Waals surface area (Å²) in [6.45, 7) is 9.36. The Hall–Kier alpha value is -0.420. The highest BCUT2D eigenvalue weighted by Crippen LogP contribution is 2.44. The summed E-state index contributed by atoms with van der Waals surface area (Å²) in [5.74, 6) is 0. The van der Waals surface area contributed by atoms with Crippen molar-refractivity contribution in [3.63, 3.8) is 0 Å². The Morgan fingerprint density at radius 3 is 2.70 bits per heavy atom. The highest BCUT2D eigenvalue weighted by Gasteiger charge is 2.45. The molecule has 20 heavy (non-hydrogen) atoms. The molecule has 1 fully saturated rings. The van der Waals surface area contributed by atoms with Gasteiger partial charge in [-0.2, -0.15) is 0 Å². The van der Waals surface area contributed by atoms with Crippen LogP contribution >= 0.6 is 27.3 Å². The van der Waals surface area contributed by atoms with Crippen molar-refractivity contribution >= 4 is 37.4 Å². The summed E-state index contributed by atoms with van der Waals surface area (Å²) in [4.78, 5) is 0. The van der Waals surface area contributed by atoms with E-state index in [0.29, 0.717) is 6.61 Å². The number of halogens is 1. The van der Waals surface area contributed by atoms with Gasteiger partial charge < -0.3 is 9.47 Å². The van der Waals surface area contributed by atoms with Gasteiger partial charge in [-0.1, -0.05) is 26.0 Å². The van der Waals surface area contributed by atoms with Crippen molar-refractivity contribution in [1.82, 2.24) is 0 Å². The van der Waals surface area contributed by atoms with Crippen LogP contribution in [0.5, 0.6) is 0 Å². The minimum Gasteiger partial charge on any atom is -0.348 e. The molecule has 0 saturated carbocycles. The van der Waals surface area contributed by atoms with Crippen molar-refractivity contribution in [1.29, 1.82) is 0 Å². The van der Waals surface area contributed by atoms with Crippen LogP contribution in [0, 0.1) is 5.41 Å². The van der Waals surface area contributed by atoms with Crippen LogP contribution in [-0.4, -0.2) is 12.2 Å². The van der Waals surface area contributed by atoms with Gasteiger partial charge >= 0.3 is 0 Å². The average molecular weight is 355 g/mol. The molecule has 1 saturated heterocycles. The maximum absolute atomic E-state index is 6.20. The lowest BCUT2D eigenvalue weighted by Crippen LogP contribution is -2.50. The highest BCUT2D eigenvalue weighted by molar-refractivity contribution is 9.10. The van der Waals surface area contributed by atoms with Crippen molar-refractivity contribution in [3.8, 4) is 0 Å². The molecule has 1 atom stereocenters. The van der Waals surface area contributed by atoms with Crippen LogP contribution in [0.1, 0.15) is 39.5 Å². The van der Waals surface area contributed by atoms with E-state index in [1.165, 1.54) is 10.1 Å². The maximum Gasteiger partial charge on any atom is 0.184 e. The van der Waals surface area contributed by atoms with Crippen LogP contribution < -0.4 is 0 Å². The normalized spacial score (nSPS) is 24.9. The molecule has 1 aromatic heterocycles. The molecular weight excluding hydrogens is 336 g/mol. The van der Waals surface area contributed by atoms with Crippen LogP contribution in [0.15, 0.2) is 28.1 Å². The highest BCUT2D eigenvalue weighted by atomic mass is 79.9. The molecule has 0 aliphatic carbocycles. The Kier molecular flexibility index (Phi) is 3.49. The predicted molar refractivity (Wildman–Crippen MR) is 87.2 cm³/mol. The van der Waals surface area contributed by atoms with E-state index in [1.54, 1.807) is 11.3 Å². The number of ether oxygens (including phenoxy) is 2. The smallest absolute Gasteiger partial charge is 0.184 e. The zero-order valence-electron chi connectivity index (χ0n) is 12.2. The maximum atomic E-state index is 6.20. The molecule has 2 aromatic rings. The molecule has 2 nitrogen and oxygen atoms in total. The van der Waals surface area contributed by atoms with Crippen molar-refractivity contribution in [3.05, 3.63) is 33.6 Å². The van der Waals surface area contributed by atoms with E-state index in [1.807, 2.05) is 0 Å². The molecule has 0 bridgehead atoms. The first-order valence-corrected chi connectivity index (χ1v) is 8.43. The summed E-state index contributed by atoms with van der Waals surface area (Å²) < 4.78 is 14.5. The summed E-state index contributed by atoms with van der Waals surface area (Å²) in [6.07, 6.45) is -0.275. The van der Waals surface area contributed by atoms with Gasteiger partial charge in [-0.15, -0.1) is 11.3 Å². The Morgan fingerprint density at radius 1 is 1.25 bits per heavy atom. The van der Waals surface area contributed by atoms with Crippen LogP contribution in [0.2, 0.25) is 0 Å². The molecule has 1 aliphatic heterocycles. The van der Waals surface area contributed by atoms with Crippen LogP contribution in [-0.2, 0) is 9.47 Å². The van der Waals surface area contributed by atoms with Gasteiger partial charge in [0.15, 0.2) is 6.29 Å². The van der Waals surface area contributed by atoms with Crippen molar-refractivity contribution in [2.45, 2.75) is 39.6 Å². The molecule has 1 unspecified atom stereocenters. The van der Waals surface area contributed by atoms with E-state index in [9.17, 15) is 0 Å². The fourth-order valence-electron chi connectivity index (χ4n) is 2.24. The molecular formula is C16H19BrO2S. The summed E-state index contributed by atoms with van der Waals surface area (Å²) in [6, 6.07) is 6.40. The molecule has 2 heterocycles. The van der Waals surface area contributed by atoms with Gasteiger partial charge in [0, 0.05) is 30.9 Å². The first-order valence-electron chi connectivity index (χ1n) is 6.76. The van der Waals surface area contributed by atoms with Gasteiger partial charge in [0.1, 0.15) is 0 Å². The second-order valence-electron chi connectivity index (χ2n) is 6.49. The monoisotopic (exact) mass is 354 g/mol. The van der Waals surface area contributed by atoms with Gasteiger partial charge in [0.2, 0.25) is 0 Å². The number of thiophene rings is 1. The van der Waals surface area contributed by atoms with Gasteiger partial charge in [-0.3, -0.25) is 0 Å². The van der Waals surface area contributed by atoms with E-state index < -0.39 is 0 Å². The van der Waals surface area contributed by atoms with E-state index in [0.717, 1.165) is 10.0 Å². The summed E-state index contributed by atoms with van der Waals surface area (Å²) in [7, 11) is 0. The standard InChI is InChI=1S/C16H19BrO2S/c1-15(2)9-18-14(19-16(15,3)4)10-5-6-11-12(17)8-20-13(11)7-10/h5-8,14H,9H2,1-4H3. The first kappa shape index (κ1) is 14.5. The SMILES string of the molecule is CC1(C)COC(c2ccc3c(Br)csc3c2)OC1(C)C. The Labute approximate surface area is 132 Å². The minimum absolute atomic E-state index is 0.0135. The largest absolute Gasteiger partial charge is 0.348 e. The van der Waals surface area contributed by atoms with Crippen molar-refractivity contribution in [2.24, 2.45) is 5.41 Å². The third kappa shape index (κ3) is 2.33. The number of fused-ring (bicyclic) bond motifs is 1. The lowest BCUT2D eigenvalue weighted by Gasteiger charge is -2.48. The topological polar surface area (TPSA) is 18.5 Å². The summed E-state index contributed by atoms with van der Waals surface area (Å²) >= 11 is 5.30. The number of hydrogen-bond donors (Lipinski definition) is 0. The summed E-state index contributed by atoms with van der Waals surface area (Å²) in [5.41, 5.74) is 0.899. The van der Waals surface area contributed by atoms with Gasteiger partial charge in [-0.25, -0.2) is 0 Å². The van der Waals surface area contributed by atoms with Gasteiger partial charge in [0.25, 0.3) is 0 Å². The molecule has 0 N–H and O–H groups in total. The van der Waals surface area contributed by atoms with E-state index in [2.05, 4.69) is 67.2 Å². The summed E-state index contributed by atoms with van der Waals surface area (Å²) in [5, 5.41) is 3.36. The van der Waals surface area contributed by atoms with Crippen molar-refractivity contribution in [2.75, 3.05) is 6.61 Å². The van der Waals surface area contributed by atoms with Crippen molar-refractivity contribution < 1.29 is 9.47 Å². The second kappa shape index (κ2) is 4.80. The van der Waals surface area contributed by atoms with Crippen LogP contribution in [0.4, 0.5) is 0 Å². The Morgan fingerprint density at radius 2 is 2.00 bits per heavy atom. The van der Waals surface area contributed by atoms with E-state index in [-0.39, 0.29) is 17.3 Å².